The van der Waals surface area contributed by atoms with Gasteiger partial charge in [-0.05, 0) is 19.4 Å². The third-order valence-electron chi connectivity index (χ3n) is 4.12. The maximum absolute atomic E-state index is 12.6. The van der Waals surface area contributed by atoms with Gasteiger partial charge in [-0.1, -0.05) is 0 Å². The molecule has 0 fully saturated rings. The summed E-state index contributed by atoms with van der Waals surface area (Å²) in [6, 6.07) is 0. The summed E-state index contributed by atoms with van der Waals surface area (Å²) < 4.78 is 15.1. The van der Waals surface area contributed by atoms with Crippen LogP contribution in [0.4, 0.5) is 0 Å². The van der Waals surface area contributed by atoms with E-state index in [0.717, 1.165) is 11.3 Å². The topological polar surface area (TPSA) is 114 Å². The van der Waals surface area contributed by atoms with Crippen LogP contribution in [0.15, 0.2) is 4.79 Å². The van der Waals surface area contributed by atoms with E-state index in [1.807, 2.05) is 4.90 Å². The number of thiophene rings is 1. The normalized spacial score (nSPS) is 12.6. The molecule has 0 bridgehead atoms. The minimum absolute atomic E-state index is 0.208. The summed E-state index contributed by atoms with van der Waals surface area (Å²) in [7, 11) is 3.12. The number of aliphatic hydroxyl groups excluding tert-OH is 1. The van der Waals surface area contributed by atoms with Gasteiger partial charge in [0.05, 0.1) is 37.9 Å². The van der Waals surface area contributed by atoms with Crippen molar-refractivity contribution in [3.05, 3.63) is 26.6 Å². The van der Waals surface area contributed by atoms with Crippen molar-refractivity contribution in [2.75, 3.05) is 47.1 Å². The molecule has 1 atom stereocenters. The zero-order valence-corrected chi connectivity index (χ0v) is 17.4. The molecular formula is C18H27N3O6S. The van der Waals surface area contributed by atoms with Crippen molar-refractivity contribution < 1.29 is 24.1 Å². The van der Waals surface area contributed by atoms with Crippen LogP contribution in [-0.4, -0.2) is 79.2 Å². The third kappa shape index (κ3) is 5.58. The maximum atomic E-state index is 12.6. The minimum Gasteiger partial charge on any atom is -0.462 e. The molecule has 1 unspecified atom stereocenters. The molecule has 2 heterocycles. The van der Waals surface area contributed by atoms with Gasteiger partial charge in [-0.25, -0.2) is 9.78 Å². The van der Waals surface area contributed by atoms with Crippen LogP contribution >= 0.6 is 11.3 Å². The summed E-state index contributed by atoms with van der Waals surface area (Å²) >= 11 is 1.15. The minimum atomic E-state index is -0.670. The first kappa shape index (κ1) is 22.4. The average molecular weight is 413 g/mol. The Morgan fingerprint density at radius 3 is 2.75 bits per heavy atom. The fourth-order valence-electron chi connectivity index (χ4n) is 2.86. The molecule has 0 aromatic carbocycles. The van der Waals surface area contributed by atoms with Gasteiger partial charge in [-0.15, -0.1) is 11.3 Å². The highest BCUT2D eigenvalue weighted by molar-refractivity contribution is 7.20. The number of hydrogen-bond acceptors (Lipinski definition) is 9. The Morgan fingerprint density at radius 2 is 2.11 bits per heavy atom. The third-order valence-corrected chi connectivity index (χ3v) is 5.29. The number of aromatic amines is 1. The van der Waals surface area contributed by atoms with Crippen molar-refractivity contribution in [3.63, 3.8) is 0 Å². The summed E-state index contributed by atoms with van der Waals surface area (Å²) in [4.78, 5) is 34.8. The number of H-pyrrole nitrogens is 1. The van der Waals surface area contributed by atoms with E-state index in [1.165, 1.54) is 7.11 Å². The molecule has 2 N–H and O–H groups in total. The van der Waals surface area contributed by atoms with Crippen LogP contribution in [0.3, 0.4) is 0 Å². The van der Waals surface area contributed by atoms with Crippen LogP contribution in [0.25, 0.3) is 10.2 Å². The van der Waals surface area contributed by atoms with Crippen LogP contribution in [-0.2, 0) is 20.8 Å². The van der Waals surface area contributed by atoms with E-state index in [-0.39, 0.29) is 18.8 Å². The van der Waals surface area contributed by atoms with Crippen LogP contribution in [0.5, 0.6) is 0 Å². The first-order chi connectivity index (χ1) is 13.4. The van der Waals surface area contributed by atoms with Gasteiger partial charge >= 0.3 is 5.97 Å². The van der Waals surface area contributed by atoms with E-state index >= 15 is 0 Å². The van der Waals surface area contributed by atoms with Gasteiger partial charge in [-0.3, -0.25) is 9.69 Å². The fraction of sp³-hybridized carbons (Fsp3) is 0.611. The number of carbonyl (C=O) groups is 1. The molecule has 0 amide bonds. The number of methoxy groups -OCH3 is 2. The molecule has 2 aromatic rings. The van der Waals surface area contributed by atoms with Gasteiger partial charge in [0.2, 0.25) is 0 Å². The molecule has 2 rings (SSSR count). The molecule has 0 saturated heterocycles. The van der Waals surface area contributed by atoms with Gasteiger partial charge in [0.1, 0.15) is 15.5 Å². The Kier molecular flexibility index (Phi) is 8.52. The maximum Gasteiger partial charge on any atom is 0.348 e. The lowest BCUT2D eigenvalue weighted by molar-refractivity contribution is 0.0287. The Hall–Kier alpha value is -1.85. The average Bonchev–Trinajstić information content (AvgIpc) is 2.97. The highest BCUT2D eigenvalue weighted by atomic mass is 32.1. The number of nitrogens with zero attached hydrogens (tertiary/aromatic N) is 2. The number of carbonyl (C=O) groups excluding carboxylic acids is 1. The number of aromatic nitrogens is 2. The van der Waals surface area contributed by atoms with Crippen LogP contribution < -0.4 is 5.56 Å². The lowest BCUT2D eigenvalue weighted by Gasteiger charge is -2.24. The van der Waals surface area contributed by atoms with E-state index in [2.05, 4.69) is 9.97 Å². The molecule has 0 saturated carbocycles. The first-order valence-corrected chi connectivity index (χ1v) is 9.80. The summed E-state index contributed by atoms with van der Waals surface area (Å²) in [6.07, 6.45) is -0.670. The van der Waals surface area contributed by atoms with Crippen molar-refractivity contribution in [1.29, 1.82) is 0 Å². The van der Waals surface area contributed by atoms with Gasteiger partial charge < -0.3 is 24.3 Å². The van der Waals surface area contributed by atoms with Crippen molar-refractivity contribution in [2.24, 2.45) is 0 Å². The molecule has 9 nitrogen and oxygen atoms in total. The Morgan fingerprint density at radius 1 is 1.36 bits per heavy atom. The molecule has 0 aliphatic heterocycles. The van der Waals surface area contributed by atoms with Gasteiger partial charge in [-0.2, -0.15) is 0 Å². The monoisotopic (exact) mass is 413 g/mol. The molecule has 0 spiro atoms. The molecular weight excluding hydrogens is 386 g/mol. The second kappa shape index (κ2) is 10.6. The highest BCUT2D eigenvalue weighted by Gasteiger charge is 2.21. The van der Waals surface area contributed by atoms with Gasteiger partial charge in [0.25, 0.3) is 5.56 Å². The summed E-state index contributed by atoms with van der Waals surface area (Å²) in [6.45, 7) is 5.61. The highest BCUT2D eigenvalue weighted by Crippen LogP contribution is 2.27. The molecule has 156 valence electrons. The standard InChI is InChI=1S/C18H27N3O6S/c1-5-27-18(24)15-11(2)14-16(23)19-13(20-17(14)28-15)9-21(6-7-25-3)8-12(22)10-26-4/h12,22H,5-10H2,1-4H3,(H,19,20,23). The molecule has 10 heteroatoms. The van der Waals surface area contributed by atoms with Crippen molar-refractivity contribution in [1.82, 2.24) is 14.9 Å². The van der Waals surface area contributed by atoms with Crippen LogP contribution in [0.2, 0.25) is 0 Å². The zero-order chi connectivity index (χ0) is 20.7. The largest absolute Gasteiger partial charge is 0.462 e. The molecule has 0 aliphatic rings. The van der Waals surface area contributed by atoms with Gasteiger partial charge in [0, 0.05) is 27.3 Å². The van der Waals surface area contributed by atoms with Crippen LogP contribution in [0.1, 0.15) is 28.0 Å². The predicted molar refractivity (Wildman–Crippen MR) is 106 cm³/mol. The summed E-state index contributed by atoms with van der Waals surface area (Å²) in [5.74, 6) is 0.00300. The molecule has 0 radical (unpaired) electrons. The van der Waals surface area contributed by atoms with Crippen LogP contribution in [0, 0.1) is 6.92 Å². The lowest BCUT2D eigenvalue weighted by atomic mass is 10.2. The summed E-state index contributed by atoms with van der Waals surface area (Å²) in [5.41, 5.74) is 0.277. The Labute approximate surface area is 167 Å². The number of nitrogens with one attached hydrogen (secondary N) is 1. The number of fused-ring (bicyclic) bond motifs is 1. The fourth-order valence-corrected chi connectivity index (χ4v) is 3.96. The Bertz CT molecular complexity index is 850. The predicted octanol–water partition coefficient (Wildman–Crippen LogP) is 0.925. The number of ether oxygens (including phenoxy) is 3. The van der Waals surface area contributed by atoms with Crippen molar-refractivity contribution in [2.45, 2.75) is 26.5 Å². The number of aliphatic hydroxyl groups is 1. The molecule has 28 heavy (non-hydrogen) atoms. The van der Waals surface area contributed by atoms with E-state index in [4.69, 9.17) is 14.2 Å². The van der Waals surface area contributed by atoms with E-state index in [9.17, 15) is 14.7 Å². The number of rotatable bonds is 11. The first-order valence-electron chi connectivity index (χ1n) is 8.98. The summed E-state index contributed by atoms with van der Waals surface area (Å²) in [5, 5.41) is 10.4. The lowest BCUT2D eigenvalue weighted by Crippen LogP contribution is -2.37. The molecule has 0 aliphatic carbocycles. The van der Waals surface area contributed by atoms with E-state index < -0.39 is 12.1 Å². The number of aryl methyl sites for hydroxylation is 1. The second-order valence-electron chi connectivity index (χ2n) is 6.31. The van der Waals surface area contributed by atoms with Crippen molar-refractivity contribution >= 4 is 27.5 Å². The number of hydrogen-bond donors (Lipinski definition) is 2. The zero-order valence-electron chi connectivity index (χ0n) is 16.6. The van der Waals surface area contributed by atoms with E-state index in [1.54, 1.807) is 21.0 Å². The smallest absolute Gasteiger partial charge is 0.348 e. The molecule has 2 aromatic heterocycles. The van der Waals surface area contributed by atoms with E-state index in [0.29, 0.717) is 52.7 Å². The van der Waals surface area contributed by atoms with Crippen molar-refractivity contribution in [3.8, 4) is 0 Å². The Balaban J connectivity index is 2.29. The quantitative estimate of drug-likeness (QED) is 0.523. The SMILES string of the molecule is CCOC(=O)c1sc2nc(CN(CCOC)CC(O)COC)[nH]c(=O)c2c1C. The second-order valence-corrected chi connectivity index (χ2v) is 7.31. The number of esters is 1. The van der Waals surface area contributed by atoms with Gasteiger partial charge in [0.15, 0.2) is 0 Å².